The lowest BCUT2D eigenvalue weighted by atomic mass is 10.1. The van der Waals surface area contributed by atoms with Gasteiger partial charge in [-0.1, -0.05) is 0 Å². The average Bonchev–Trinajstić information content (AvgIpc) is 2.80. The van der Waals surface area contributed by atoms with Gasteiger partial charge in [0.05, 0.1) is 24.5 Å². The molecule has 2 heterocycles. The third-order valence-electron chi connectivity index (χ3n) is 3.20. The van der Waals surface area contributed by atoms with E-state index in [0.717, 1.165) is 22.8 Å². The van der Waals surface area contributed by atoms with Crippen molar-refractivity contribution in [3.05, 3.63) is 41.5 Å². The van der Waals surface area contributed by atoms with Crippen molar-refractivity contribution < 1.29 is 13.9 Å². The molecule has 2 aromatic rings. The molecule has 114 valence electrons. The van der Waals surface area contributed by atoms with Crippen molar-refractivity contribution in [2.45, 2.75) is 26.8 Å². The molecule has 1 unspecified atom stereocenters. The van der Waals surface area contributed by atoms with Gasteiger partial charge >= 0.3 is 0 Å². The number of furan rings is 1. The summed E-state index contributed by atoms with van der Waals surface area (Å²) in [7, 11) is 1.64. The van der Waals surface area contributed by atoms with Gasteiger partial charge in [0, 0.05) is 18.7 Å². The van der Waals surface area contributed by atoms with E-state index in [1.807, 2.05) is 26.0 Å². The zero-order valence-corrected chi connectivity index (χ0v) is 13.0. The Morgan fingerprint density at radius 2 is 2.10 bits per heavy atom. The molecule has 21 heavy (non-hydrogen) atoms. The molecule has 0 aliphatic carbocycles. The highest BCUT2D eigenvalue weighted by molar-refractivity contribution is 5.45. The lowest BCUT2D eigenvalue weighted by Gasteiger charge is -2.14. The monoisotopic (exact) mass is 290 g/mol. The quantitative estimate of drug-likeness (QED) is 0.791. The first-order valence-electron chi connectivity index (χ1n) is 7.01. The highest BCUT2D eigenvalue weighted by Gasteiger charge is 2.12. The number of aromatic nitrogens is 1. The minimum absolute atomic E-state index is 0.157. The van der Waals surface area contributed by atoms with Crippen molar-refractivity contribution in [3.63, 3.8) is 0 Å². The number of rotatable bonds is 7. The molecule has 0 spiro atoms. The zero-order chi connectivity index (χ0) is 15.2. The molecule has 5 heteroatoms. The Kier molecular flexibility index (Phi) is 5.22. The van der Waals surface area contributed by atoms with Gasteiger partial charge in [-0.05, 0) is 32.9 Å². The summed E-state index contributed by atoms with van der Waals surface area (Å²) in [5.41, 5.74) is 2.10. The summed E-state index contributed by atoms with van der Waals surface area (Å²) in [4.78, 5) is 4.26. The molecule has 5 nitrogen and oxygen atoms in total. The van der Waals surface area contributed by atoms with Gasteiger partial charge in [-0.3, -0.25) is 0 Å². The number of nitrogens with one attached hydrogen (secondary N) is 1. The van der Waals surface area contributed by atoms with Crippen molar-refractivity contribution in [2.24, 2.45) is 0 Å². The maximum atomic E-state index is 5.56. The van der Waals surface area contributed by atoms with Crippen LogP contribution < -0.4 is 10.1 Å². The fraction of sp³-hybridized carbons (Fsp3) is 0.438. The number of ether oxygens (including phenoxy) is 2. The minimum Gasteiger partial charge on any atom is -0.475 e. The second kappa shape index (κ2) is 7.13. The van der Waals surface area contributed by atoms with Crippen LogP contribution in [-0.4, -0.2) is 25.3 Å². The lowest BCUT2D eigenvalue weighted by Crippen LogP contribution is -2.08. The van der Waals surface area contributed by atoms with E-state index in [9.17, 15) is 0 Å². The van der Waals surface area contributed by atoms with Crippen molar-refractivity contribution >= 4 is 5.69 Å². The van der Waals surface area contributed by atoms with E-state index in [-0.39, 0.29) is 6.04 Å². The van der Waals surface area contributed by atoms with E-state index in [0.29, 0.717) is 19.1 Å². The fourth-order valence-electron chi connectivity index (χ4n) is 2.19. The number of anilines is 1. The Bertz CT molecular complexity index is 563. The first-order chi connectivity index (χ1) is 10.1. The average molecular weight is 290 g/mol. The number of aryl methyl sites for hydroxylation is 2. The van der Waals surface area contributed by atoms with Crippen LogP contribution in [0.4, 0.5) is 5.69 Å². The maximum absolute atomic E-state index is 5.56. The van der Waals surface area contributed by atoms with Crippen LogP contribution in [0.25, 0.3) is 0 Å². The number of hydrogen-bond donors (Lipinski definition) is 1. The minimum atomic E-state index is 0.157. The largest absolute Gasteiger partial charge is 0.475 e. The molecular weight excluding hydrogens is 268 g/mol. The molecule has 0 saturated carbocycles. The molecular formula is C16H22N2O3. The van der Waals surface area contributed by atoms with Crippen LogP contribution in [0, 0.1) is 13.8 Å². The second-order valence-corrected chi connectivity index (χ2v) is 4.96. The van der Waals surface area contributed by atoms with E-state index in [2.05, 4.69) is 23.3 Å². The Morgan fingerprint density at radius 1 is 1.29 bits per heavy atom. The van der Waals surface area contributed by atoms with Gasteiger partial charge in [0.2, 0.25) is 5.88 Å². The molecule has 0 fully saturated rings. The topological polar surface area (TPSA) is 56.5 Å². The van der Waals surface area contributed by atoms with Crippen LogP contribution in [0.15, 0.2) is 28.8 Å². The van der Waals surface area contributed by atoms with E-state index >= 15 is 0 Å². The Morgan fingerprint density at radius 3 is 2.67 bits per heavy atom. The van der Waals surface area contributed by atoms with Crippen molar-refractivity contribution in [2.75, 3.05) is 25.6 Å². The van der Waals surface area contributed by atoms with E-state index in [4.69, 9.17) is 13.9 Å². The number of hydrogen-bond acceptors (Lipinski definition) is 5. The van der Waals surface area contributed by atoms with Crippen LogP contribution in [0.1, 0.15) is 30.0 Å². The maximum Gasteiger partial charge on any atom is 0.213 e. The summed E-state index contributed by atoms with van der Waals surface area (Å²) in [6.45, 7) is 7.08. The molecule has 0 amide bonds. The van der Waals surface area contributed by atoms with Crippen LogP contribution in [0.3, 0.4) is 0 Å². The molecule has 1 N–H and O–H groups in total. The number of methoxy groups -OCH3 is 1. The van der Waals surface area contributed by atoms with Gasteiger partial charge in [0.1, 0.15) is 18.1 Å². The van der Waals surface area contributed by atoms with Crippen molar-refractivity contribution in [3.8, 4) is 5.88 Å². The Labute approximate surface area is 125 Å². The third kappa shape index (κ3) is 4.23. The fourth-order valence-corrected chi connectivity index (χ4v) is 2.19. The van der Waals surface area contributed by atoms with E-state index in [1.165, 1.54) is 0 Å². The van der Waals surface area contributed by atoms with Gasteiger partial charge in [-0.25, -0.2) is 4.98 Å². The molecule has 0 aromatic carbocycles. The van der Waals surface area contributed by atoms with Crippen LogP contribution in [-0.2, 0) is 4.74 Å². The summed E-state index contributed by atoms with van der Waals surface area (Å²) in [5.74, 6) is 2.47. The molecule has 2 aromatic heterocycles. The second-order valence-electron chi connectivity index (χ2n) is 4.96. The summed E-state index contributed by atoms with van der Waals surface area (Å²) >= 11 is 0. The zero-order valence-electron chi connectivity index (χ0n) is 13.0. The lowest BCUT2D eigenvalue weighted by molar-refractivity contribution is 0.144. The van der Waals surface area contributed by atoms with Gasteiger partial charge in [0.15, 0.2) is 0 Å². The van der Waals surface area contributed by atoms with E-state index < -0.39 is 0 Å². The van der Waals surface area contributed by atoms with Gasteiger partial charge < -0.3 is 19.2 Å². The molecule has 0 radical (unpaired) electrons. The highest BCUT2D eigenvalue weighted by Crippen LogP contribution is 2.25. The summed E-state index contributed by atoms with van der Waals surface area (Å²) < 4.78 is 15.9. The molecule has 1 atom stereocenters. The van der Waals surface area contributed by atoms with Crippen LogP contribution >= 0.6 is 0 Å². The SMILES string of the molecule is COCCOc1ccc(NC(C)c2cc(C)oc2C)cn1. The first kappa shape index (κ1) is 15.4. The molecule has 0 bridgehead atoms. The normalized spacial score (nSPS) is 12.2. The predicted octanol–water partition coefficient (Wildman–Crippen LogP) is 3.49. The van der Waals surface area contributed by atoms with Crippen molar-refractivity contribution in [1.29, 1.82) is 0 Å². The summed E-state index contributed by atoms with van der Waals surface area (Å²) in [6.07, 6.45) is 1.76. The van der Waals surface area contributed by atoms with Crippen molar-refractivity contribution in [1.82, 2.24) is 4.98 Å². The smallest absolute Gasteiger partial charge is 0.213 e. The third-order valence-corrected chi connectivity index (χ3v) is 3.20. The van der Waals surface area contributed by atoms with Gasteiger partial charge in [0.25, 0.3) is 0 Å². The predicted molar refractivity (Wildman–Crippen MR) is 81.8 cm³/mol. The van der Waals surface area contributed by atoms with Gasteiger partial charge in [-0.2, -0.15) is 0 Å². The molecule has 2 rings (SSSR count). The van der Waals surface area contributed by atoms with Gasteiger partial charge in [-0.15, -0.1) is 0 Å². The number of nitrogens with zero attached hydrogens (tertiary/aromatic N) is 1. The number of pyridine rings is 1. The molecule has 0 aliphatic heterocycles. The first-order valence-corrected chi connectivity index (χ1v) is 7.01. The summed E-state index contributed by atoms with van der Waals surface area (Å²) in [6, 6.07) is 6.01. The summed E-state index contributed by atoms with van der Waals surface area (Å²) in [5, 5.41) is 3.40. The van der Waals surface area contributed by atoms with Crippen LogP contribution in [0.5, 0.6) is 5.88 Å². The van der Waals surface area contributed by atoms with E-state index in [1.54, 1.807) is 13.3 Å². The molecule has 0 aliphatic rings. The Balaban J connectivity index is 1.95. The highest BCUT2D eigenvalue weighted by atomic mass is 16.5. The Hall–Kier alpha value is -2.01. The molecule has 0 saturated heterocycles. The standard InChI is InChI=1S/C16H22N2O3/c1-11-9-15(13(3)21-11)12(2)18-14-5-6-16(17-10-14)20-8-7-19-4/h5-6,9-10,12,18H,7-8H2,1-4H3. The van der Waals surface area contributed by atoms with Crippen LogP contribution in [0.2, 0.25) is 0 Å².